The molecule has 0 aliphatic carbocycles. The lowest BCUT2D eigenvalue weighted by Crippen LogP contribution is -3.06. The van der Waals surface area contributed by atoms with Gasteiger partial charge < -0.3 is 9.47 Å². The summed E-state index contributed by atoms with van der Waals surface area (Å²) in [7, 11) is 2.05. The SMILES string of the molecule is CCCCn1c(=O)[nH]c(=O)c2c1nc(C[NH+](C)Cc1ccc(F)cc1)n2CCC(C)C. The Bertz CT molecular complexity index is 1130. The summed E-state index contributed by atoms with van der Waals surface area (Å²) in [5, 5.41) is 0. The number of H-pyrrole nitrogens is 1. The molecule has 8 heteroatoms. The highest BCUT2D eigenvalue weighted by Gasteiger charge is 2.21. The number of fused-ring (bicyclic) bond motifs is 1. The number of unbranched alkanes of at least 4 members (excludes halogenated alkanes) is 1. The fourth-order valence-electron chi connectivity index (χ4n) is 3.79. The highest BCUT2D eigenvalue weighted by molar-refractivity contribution is 5.70. The minimum absolute atomic E-state index is 0.249. The van der Waals surface area contributed by atoms with Crippen molar-refractivity contribution in [3.8, 4) is 0 Å². The van der Waals surface area contributed by atoms with Crippen molar-refractivity contribution in [3.05, 3.63) is 62.3 Å². The molecule has 31 heavy (non-hydrogen) atoms. The molecule has 7 nitrogen and oxygen atoms in total. The summed E-state index contributed by atoms with van der Waals surface area (Å²) < 4.78 is 16.8. The van der Waals surface area contributed by atoms with Crippen molar-refractivity contribution < 1.29 is 9.29 Å². The van der Waals surface area contributed by atoms with Crippen LogP contribution in [-0.4, -0.2) is 26.1 Å². The van der Waals surface area contributed by atoms with Crippen LogP contribution in [0.3, 0.4) is 0 Å². The van der Waals surface area contributed by atoms with Crippen molar-refractivity contribution >= 4 is 11.2 Å². The highest BCUT2D eigenvalue weighted by atomic mass is 19.1. The molecule has 1 aromatic carbocycles. The molecular weight excluding hydrogens is 397 g/mol. The Hall–Kier alpha value is -2.74. The van der Waals surface area contributed by atoms with Gasteiger partial charge in [-0.15, -0.1) is 0 Å². The quantitative estimate of drug-likeness (QED) is 0.517. The first-order chi connectivity index (χ1) is 14.8. The summed E-state index contributed by atoms with van der Waals surface area (Å²) >= 11 is 0. The number of rotatable bonds is 10. The molecule has 3 aromatic rings. The zero-order valence-corrected chi connectivity index (χ0v) is 18.9. The second kappa shape index (κ2) is 10.0. The molecule has 2 heterocycles. The van der Waals surface area contributed by atoms with E-state index in [1.54, 1.807) is 16.7 Å². The first kappa shape index (κ1) is 22.9. The lowest BCUT2D eigenvalue weighted by atomic mass is 10.1. The summed E-state index contributed by atoms with van der Waals surface area (Å²) in [5.74, 6) is 1.01. The summed E-state index contributed by atoms with van der Waals surface area (Å²) in [4.78, 5) is 33.6. The number of aryl methyl sites for hydroxylation is 2. The fourth-order valence-corrected chi connectivity index (χ4v) is 3.79. The first-order valence-electron chi connectivity index (χ1n) is 11.1. The molecule has 0 spiro atoms. The van der Waals surface area contributed by atoms with Gasteiger partial charge in [0, 0.05) is 18.7 Å². The van der Waals surface area contributed by atoms with Gasteiger partial charge in [-0.25, -0.2) is 14.2 Å². The lowest BCUT2D eigenvalue weighted by Gasteiger charge is -2.16. The number of halogens is 1. The fraction of sp³-hybridized carbons (Fsp3) is 0.522. The van der Waals surface area contributed by atoms with E-state index in [0.29, 0.717) is 43.3 Å². The van der Waals surface area contributed by atoms with Crippen molar-refractivity contribution in [2.75, 3.05) is 7.05 Å². The van der Waals surface area contributed by atoms with Gasteiger partial charge in [0.15, 0.2) is 17.0 Å². The normalized spacial score (nSPS) is 12.7. The second-order valence-electron chi connectivity index (χ2n) is 8.74. The molecule has 0 saturated heterocycles. The van der Waals surface area contributed by atoms with Crippen molar-refractivity contribution in [2.45, 2.75) is 66.2 Å². The van der Waals surface area contributed by atoms with Crippen LogP contribution in [0, 0.1) is 11.7 Å². The van der Waals surface area contributed by atoms with E-state index in [4.69, 9.17) is 4.98 Å². The van der Waals surface area contributed by atoms with Gasteiger partial charge in [0.2, 0.25) is 0 Å². The average molecular weight is 431 g/mol. The van der Waals surface area contributed by atoms with Gasteiger partial charge in [0.25, 0.3) is 5.56 Å². The van der Waals surface area contributed by atoms with E-state index in [1.165, 1.54) is 12.1 Å². The van der Waals surface area contributed by atoms with Crippen molar-refractivity contribution in [3.63, 3.8) is 0 Å². The number of nitrogens with zero attached hydrogens (tertiary/aromatic N) is 3. The molecule has 0 aliphatic rings. The van der Waals surface area contributed by atoms with E-state index in [0.717, 1.165) is 35.6 Å². The molecule has 2 N–H and O–H groups in total. The Balaban J connectivity index is 2.00. The van der Waals surface area contributed by atoms with Crippen LogP contribution >= 0.6 is 0 Å². The summed E-state index contributed by atoms with van der Waals surface area (Å²) in [6, 6.07) is 6.50. The molecule has 2 aromatic heterocycles. The summed E-state index contributed by atoms with van der Waals surface area (Å²) in [6.45, 7) is 8.84. The molecule has 0 bridgehead atoms. The number of imidazole rings is 1. The molecular formula is C23H33FN5O2+. The maximum absolute atomic E-state index is 13.2. The Kier molecular flexibility index (Phi) is 7.43. The van der Waals surface area contributed by atoms with Crippen LogP contribution in [0.15, 0.2) is 33.9 Å². The molecule has 1 atom stereocenters. The summed E-state index contributed by atoms with van der Waals surface area (Å²) in [6.07, 6.45) is 2.69. The largest absolute Gasteiger partial charge is 0.330 e. The zero-order valence-electron chi connectivity index (χ0n) is 18.9. The van der Waals surface area contributed by atoms with Gasteiger partial charge in [0.05, 0.1) is 7.05 Å². The second-order valence-corrected chi connectivity index (χ2v) is 8.74. The van der Waals surface area contributed by atoms with Gasteiger partial charge in [-0.3, -0.25) is 14.3 Å². The number of benzene rings is 1. The predicted molar refractivity (Wildman–Crippen MR) is 120 cm³/mol. The zero-order chi connectivity index (χ0) is 22.5. The van der Waals surface area contributed by atoms with Crippen LogP contribution in [0.4, 0.5) is 4.39 Å². The molecule has 0 fully saturated rings. The Morgan fingerprint density at radius 1 is 1.10 bits per heavy atom. The molecule has 0 radical (unpaired) electrons. The molecule has 1 unspecified atom stereocenters. The standard InChI is InChI=1S/C23H32FN5O2/c1-5-6-12-29-21-20(22(30)26-23(29)31)28(13-11-16(2)3)19(25-21)15-27(4)14-17-7-9-18(24)10-8-17/h7-10,16H,5-6,11-15H2,1-4H3,(H,26,30,31)/p+1. The van der Waals surface area contributed by atoms with E-state index in [9.17, 15) is 14.0 Å². The van der Waals surface area contributed by atoms with Gasteiger partial charge in [-0.05, 0) is 30.9 Å². The van der Waals surface area contributed by atoms with Crippen LogP contribution in [-0.2, 0) is 26.2 Å². The third-order valence-electron chi connectivity index (χ3n) is 5.51. The predicted octanol–water partition coefficient (Wildman–Crippen LogP) is 2.09. The van der Waals surface area contributed by atoms with Gasteiger partial charge in [-0.1, -0.05) is 39.3 Å². The monoisotopic (exact) mass is 430 g/mol. The summed E-state index contributed by atoms with van der Waals surface area (Å²) in [5.41, 5.74) is 1.18. The maximum Gasteiger partial charge on any atom is 0.330 e. The van der Waals surface area contributed by atoms with Crippen LogP contribution in [0.2, 0.25) is 0 Å². The van der Waals surface area contributed by atoms with Crippen molar-refractivity contribution in [1.82, 2.24) is 19.1 Å². The number of aromatic nitrogens is 4. The van der Waals surface area contributed by atoms with E-state index in [1.807, 2.05) is 11.6 Å². The van der Waals surface area contributed by atoms with E-state index in [2.05, 4.69) is 25.8 Å². The van der Waals surface area contributed by atoms with E-state index >= 15 is 0 Å². The Morgan fingerprint density at radius 2 is 1.81 bits per heavy atom. The van der Waals surface area contributed by atoms with E-state index < -0.39 is 5.69 Å². The molecule has 0 amide bonds. The molecule has 3 rings (SSSR count). The first-order valence-corrected chi connectivity index (χ1v) is 11.1. The van der Waals surface area contributed by atoms with Crippen LogP contribution < -0.4 is 16.1 Å². The van der Waals surface area contributed by atoms with E-state index in [-0.39, 0.29) is 11.4 Å². The van der Waals surface area contributed by atoms with Gasteiger partial charge in [-0.2, -0.15) is 0 Å². The number of nitrogens with one attached hydrogen (secondary N) is 2. The number of hydrogen-bond acceptors (Lipinski definition) is 3. The van der Waals surface area contributed by atoms with Gasteiger partial charge >= 0.3 is 5.69 Å². The van der Waals surface area contributed by atoms with Crippen molar-refractivity contribution in [2.24, 2.45) is 5.92 Å². The molecule has 0 aliphatic heterocycles. The third kappa shape index (κ3) is 5.50. The highest BCUT2D eigenvalue weighted by Crippen LogP contribution is 2.14. The Morgan fingerprint density at radius 3 is 2.45 bits per heavy atom. The van der Waals surface area contributed by atoms with Crippen LogP contribution in [0.25, 0.3) is 11.2 Å². The maximum atomic E-state index is 13.2. The minimum Gasteiger partial charge on any atom is -0.327 e. The smallest absolute Gasteiger partial charge is 0.327 e. The lowest BCUT2D eigenvalue weighted by molar-refractivity contribution is -0.908. The number of aromatic amines is 1. The number of quaternary nitrogens is 1. The van der Waals surface area contributed by atoms with Crippen molar-refractivity contribution in [1.29, 1.82) is 0 Å². The third-order valence-corrected chi connectivity index (χ3v) is 5.51. The molecule has 168 valence electrons. The molecule has 0 saturated carbocycles. The van der Waals surface area contributed by atoms with Crippen LogP contribution in [0.1, 0.15) is 51.4 Å². The minimum atomic E-state index is -0.405. The van der Waals surface area contributed by atoms with Gasteiger partial charge in [0.1, 0.15) is 18.9 Å². The number of hydrogen-bond donors (Lipinski definition) is 2. The van der Waals surface area contributed by atoms with Crippen LogP contribution in [0.5, 0.6) is 0 Å². The Labute approximate surface area is 181 Å². The topological polar surface area (TPSA) is 77.1 Å². The average Bonchev–Trinajstić information content (AvgIpc) is 3.06.